The van der Waals surface area contributed by atoms with Gasteiger partial charge in [0.15, 0.2) is 17.6 Å². The van der Waals surface area contributed by atoms with Crippen LogP contribution in [0.25, 0.3) is 0 Å². The van der Waals surface area contributed by atoms with Crippen LogP contribution in [0.15, 0.2) is 48.5 Å². The van der Waals surface area contributed by atoms with Crippen LogP contribution in [-0.4, -0.2) is 42.0 Å². The van der Waals surface area contributed by atoms with Crippen molar-refractivity contribution in [3.63, 3.8) is 0 Å². The highest BCUT2D eigenvalue weighted by Crippen LogP contribution is 2.35. The van der Waals surface area contributed by atoms with Gasteiger partial charge in [-0.15, -0.1) is 0 Å². The monoisotopic (exact) mass is 355 g/mol. The molecule has 0 amide bonds. The molecule has 2 aliphatic heterocycles. The van der Waals surface area contributed by atoms with Crippen molar-refractivity contribution in [2.24, 2.45) is 0 Å². The van der Waals surface area contributed by atoms with E-state index in [0.717, 1.165) is 36.6 Å². The summed E-state index contributed by atoms with van der Waals surface area (Å²) < 4.78 is 16.7. The van der Waals surface area contributed by atoms with Gasteiger partial charge in [-0.05, 0) is 29.7 Å². The van der Waals surface area contributed by atoms with Gasteiger partial charge in [0.1, 0.15) is 12.7 Å². The van der Waals surface area contributed by atoms with Crippen molar-refractivity contribution in [3.05, 3.63) is 59.7 Å². The summed E-state index contributed by atoms with van der Waals surface area (Å²) in [6.45, 7) is 2.77. The Labute approximate surface area is 151 Å². The Morgan fingerprint density at radius 3 is 2.69 bits per heavy atom. The Morgan fingerprint density at radius 1 is 1.15 bits per heavy atom. The molecule has 2 aromatic rings. The number of nitrogens with zero attached hydrogens (tertiary/aromatic N) is 1. The highest BCUT2D eigenvalue weighted by molar-refractivity contribution is 5.57. The molecule has 0 aliphatic carbocycles. The van der Waals surface area contributed by atoms with E-state index in [-0.39, 0.29) is 12.2 Å². The van der Waals surface area contributed by atoms with Crippen LogP contribution in [0.2, 0.25) is 0 Å². The first kappa shape index (κ1) is 16.7. The summed E-state index contributed by atoms with van der Waals surface area (Å²) in [6, 6.07) is 16.0. The molecule has 4 rings (SSSR count). The lowest BCUT2D eigenvalue weighted by molar-refractivity contribution is 0.0548. The molecule has 0 radical (unpaired) electrons. The second-order valence-electron chi connectivity index (χ2n) is 6.64. The highest BCUT2D eigenvalue weighted by Gasteiger charge is 2.26. The van der Waals surface area contributed by atoms with Gasteiger partial charge in [-0.2, -0.15) is 0 Å². The molecule has 2 aliphatic rings. The number of para-hydroxylation sites is 2. The van der Waals surface area contributed by atoms with E-state index in [1.54, 1.807) is 0 Å². The van der Waals surface area contributed by atoms with Crippen molar-refractivity contribution >= 4 is 6.16 Å². The fourth-order valence-electron chi connectivity index (χ4n) is 3.46. The summed E-state index contributed by atoms with van der Waals surface area (Å²) in [7, 11) is 0. The van der Waals surface area contributed by atoms with E-state index in [0.29, 0.717) is 13.2 Å². The highest BCUT2D eigenvalue weighted by atomic mass is 16.7. The fraction of sp³-hybridized carbons (Fsp3) is 0.350. The third-order valence-electron chi connectivity index (χ3n) is 4.76. The van der Waals surface area contributed by atoms with Crippen molar-refractivity contribution in [2.75, 3.05) is 19.7 Å². The lowest BCUT2D eigenvalue weighted by atomic mass is 10.1. The molecule has 2 heterocycles. The van der Waals surface area contributed by atoms with Crippen LogP contribution in [0.4, 0.5) is 4.79 Å². The molecule has 0 spiro atoms. The second kappa shape index (κ2) is 7.25. The average Bonchev–Trinajstić information content (AvgIpc) is 3.08. The van der Waals surface area contributed by atoms with Gasteiger partial charge >= 0.3 is 6.16 Å². The van der Waals surface area contributed by atoms with E-state index in [1.807, 2.05) is 24.3 Å². The van der Waals surface area contributed by atoms with Crippen LogP contribution in [-0.2, 0) is 11.3 Å². The molecular formula is C20H21NO5. The maximum atomic E-state index is 10.6. The maximum Gasteiger partial charge on any atom is 0.506 e. The van der Waals surface area contributed by atoms with E-state index in [2.05, 4.69) is 29.2 Å². The third-order valence-corrected chi connectivity index (χ3v) is 4.76. The van der Waals surface area contributed by atoms with Gasteiger partial charge in [-0.3, -0.25) is 4.90 Å². The first-order chi connectivity index (χ1) is 12.7. The standard InChI is InChI=1S/C20H21NO5/c22-20(23)25-16-9-10-21(12-16)11-14-5-7-15(8-6-14)19-13-24-17-3-1-2-4-18(17)26-19/h1-8,16,19H,9-13H2,(H,22,23)/t16-,19-/m1/s1. The molecule has 0 saturated carbocycles. The summed E-state index contributed by atoms with van der Waals surface area (Å²) >= 11 is 0. The molecule has 0 unspecified atom stereocenters. The van der Waals surface area contributed by atoms with E-state index in [1.165, 1.54) is 5.56 Å². The normalized spacial score (nSPS) is 22.2. The third kappa shape index (κ3) is 3.75. The molecule has 136 valence electrons. The summed E-state index contributed by atoms with van der Waals surface area (Å²) in [5.74, 6) is 1.56. The van der Waals surface area contributed by atoms with E-state index < -0.39 is 6.16 Å². The molecule has 1 fully saturated rings. The van der Waals surface area contributed by atoms with Crippen molar-refractivity contribution in [1.82, 2.24) is 4.90 Å². The molecule has 0 bridgehead atoms. The molecule has 2 aromatic carbocycles. The number of ether oxygens (including phenoxy) is 3. The van der Waals surface area contributed by atoms with Gasteiger partial charge < -0.3 is 19.3 Å². The van der Waals surface area contributed by atoms with Crippen molar-refractivity contribution in [3.8, 4) is 11.5 Å². The van der Waals surface area contributed by atoms with Crippen LogP contribution in [0, 0.1) is 0 Å². The quantitative estimate of drug-likeness (QED) is 0.847. The Morgan fingerprint density at radius 2 is 1.92 bits per heavy atom. The zero-order valence-electron chi connectivity index (χ0n) is 14.3. The van der Waals surface area contributed by atoms with Crippen molar-refractivity contribution in [1.29, 1.82) is 0 Å². The first-order valence-electron chi connectivity index (χ1n) is 8.76. The van der Waals surface area contributed by atoms with Gasteiger partial charge in [0.05, 0.1) is 0 Å². The number of likely N-dealkylation sites (tertiary alicyclic amines) is 1. The predicted octanol–water partition coefficient (Wildman–Crippen LogP) is 3.47. The minimum Gasteiger partial charge on any atom is -0.485 e. The van der Waals surface area contributed by atoms with Crippen LogP contribution in [0.5, 0.6) is 11.5 Å². The molecule has 26 heavy (non-hydrogen) atoms. The summed E-state index contributed by atoms with van der Waals surface area (Å²) in [6.07, 6.45) is -0.784. The maximum absolute atomic E-state index is 10.6. The minimum atomic E-state index is -1.20. The lowest BCUT2D eigenvalue weighted by Crippen LogP contribution is -2.24. The van der Waals surface area contributed by atoms with Gasteiger partial charge in [-0.1, -0.05) is 36.4 Å². The van der Waals surface area contributed by atoms with Crippen LogP contribution in [0.3, 0.4) is 0 Å². The summed E-state index contributed by atoms with van der Waals surface area (Å²) in [5.41, 5.74) is 2.26. The Kier molecular flexibility index (Phi) is 4.67. The Bertz CT molecular complexity index is 776. The van der Waals surface area contributed by atoms with Crippen LogP contribution in [0.1, 0.15) is 23.7 Å². The summed E-state index contributed by atoms with van der Waals surface area (Å²) in [4.78, 5) is 12.8. The lowest BCUT2D eigenvalue weighted by Gasteiger charge is -2.27. The molecule has 1 N–H and O–H groups in total. The number of carbonyl (C=O) groups is 1. The smallest absolute Gasteiger partial charge is 0.485 e. The van der Waals surface area contributed by atoms with Gasteiger partial charge in [-0.25, -0.2) is 4.79 Å². The minimum absolute atomic E-state index is 0.112. The largest absolute Gasteiger partial charge is 0.506 e. The van der Waals surface area contributed by atoms with Gasteiger partial charge in [0.25, 0.3) is 0 Å². The second-order valence-corrected chi connectivity index (χ2v) is 6.64. The van der Waals surface area contributed by atoms with Crippen LogP contribution >= 0.6 is 0 Å². The van der Waals surface area contributed by atoms with E-state index >= 15 is 0 Å². The molecule has 0 aromatic heterocycles. The molecule has 6 heteroatoms. The molecule has 1 saturated heterocycles. The fourth-order valence-corrected chi connectivity index (χ4v) is 3.46. The number of carboxylic acid groups (broad SMARTS) is 1. The summed E-state index contributed by atoms with van der Waals surface area (Å²) in [5, 5.41) is 8.70. The SMILES string of the molecule is O=C(O)O[C@@H]1CCN(Cc2ccc([C@H]3COc4ccccc4O3)cc2)C1. The predicted molar refractivity (Wildman–Crippen MR) is 94.5 cm³/mol. The van der Waals surface area contributed by atoms with Crippen molar-refractivity contribution < 1.29 is 24.1 Å². The number of fused-ring (bicyclic) bond motifs is 1. The molecule has 6 nitrogen and oxygen atoms in total. The molecular weight excluding hydrogens is 334 g/mol. The number of hydrogen-bond acceptors (Lipinski definition) is 5. The number of benzene rings is 2. The molecule has 2 atom stereocenters. The van der Waals surface area contributed by atoms with Crippen LogP contribution < -0.4 is 9.47 Å². The number of rotatable bonds is 4. The van der Waals surface area contributed by atoms with E-state index in [4.69, 9.17) is 19.3 Å². The zero-order valence-corrected chi connectivity index (χ0v) is 14.3. The Hall–Kier alpha value is -2.73. The van der Waals surface area contributed by atoms with Gasteiger partial charge in [0.2, 0.25) is 0 Å². The zero-order chi connectivity index (χ0) is 17.9. The first-order valence-corrected chi connectivity index (χ1v) is 8.76. The van der Waals surface area contributed by atoms with E-state index in [9.17, 15) is 4.79 Å². The topological polar surface area (TPSA) is 68.2 Å². The number of hydrogen-bond donors (Lipinski definition) is 1. The van der Waals surface area contributed by atoms with Gasteiger partial charge in [0, 0.05) is 19.6 Å². The Balaban J connectivity index is 1.35. The average molecular weight is 355 g/mol. The van der Waals surface area contributed by atoms with Crippen molar-refractivity contribution in [2.45, 2.75) is 25.2 Å².